The van der Waals surface area contributed by atoms with E-state index in [1.54, 1.807) is 0 Å². The van der Waals surface area contributed by atoms with Crippen molar-refractivity contribution < 1.29 is 55.5 Å². The van der Waals surface area contributed by atoms with Crippen LogP contribution in [0.4, 0.5) is 30.2 Å². The summed E-state index contributed by atoms with van der Waals surface area (Å²) >= 11 is 0. The van der Waals surface area contributed by atoms with Crippen LogP contribution in [-0.4, -0.2) is 38.8 Å². The van der Waals surface area contributed by atoms with Crippen LogP contribution in [0.15, 0.2) is 0 Å². The molecule has 0 aliphatic heterocycles. The minimum Gasteiger partial charge on any atom is -0.177 e. The Balaban J connectivity index is 5.73. The summed E-state index contributed by atoms with van der Waals surface area (Å²) < 4.78 is 128. The summed E-state index contributed by atoms with van der Waals surface area (Å²) in [7, 11) is -13.2. The van der Waals surface area contributed by atoms with Gasteiger partial charge in [0.25, 0.3) is 0 Å². The molecule has 0 aromatic heterocycles. The zero-order valence-electron chi connectivity index (χ0n) is 7.75. The topological polar surface area (TPSA) is 96.5 Å². The normalized spacial score (nSPS) is 14.6. The molecule has 0 unspecified atom stereocenters. The largest absolute Gasteiger partial charge is 0.456 e. The van der Waals surface area contributed by atoms with Crippen molar-refractivity contribution in [2.24, 2.45) is 0 Å². The van der Waals surface area contributed by atoms with E-state index in [1.807, 2.05) is 0 Å². The van der Waals surface area contributed by atoms with Crippen molar-refractivity contribution in [2.45, 2.75) is 5.97 Å². The summed E-state index contributed by atoms with van der Waals surface area (Å²) in [5.74, 6) is -5.69. The van der Waals surface area contributed by atoms with Gasteiger partial charge in [0.1, 0.15) is 0 Å². The fourth-order valence-corrected chi connectivity index (χ4v) is 1.21. The van der Waals surface area contributed by atoms with Crippen LogP contribution in [-0.2, 0) is 29.5 Å². The smallest absolute Gasteiger partial charge is 0.177 e. The van der Waals surface area contributed by atoms with E-state index in [-0.39, 0.29) is 0 Å². The maximum atomic E-state index is 12.6. The summed E-state index contributed by atoms with van der Waals surface area (Å²) in [6.45, 7) is 0. The van der Waals surface area contributed by atoms with Gasteiger partial charge in [0, 0.05) is 0 Å². The van der Waals surface area contributed by atoms with Crippen molar-refractivity contribution in [3.8, 4) is 0 Å². The Bertz CT molecular complexity index is 495. The van der Waals surface area contributed by atoms with Gasteiger partial charge >= 0.3 is 27.0 Å². The highest BCUT2D eigenvalue weighted by Crippen LogP contribution is 2.33. The van der Waals surface area contributed by atoms with E-state index in [0.717, 1.165) is 0 Å². The van der Waals surface area contributed by atoms with Crippen LogP contribution in [0.25, 0.3) is 0 Å². The molecule has 0 amide bonds. The van der Waals surface area contributed by atoms with Crippen molar-refractivity contribution >= 4 is 21.0 Å². The van der Waals surface area contributed by atoms with Gasteiger partial charge in [-0.25, -0.2) is 0 Å². The molecule has 19 heavy (non-hydrogen) atoms. The number of halogens is 7. The predicted octanol–water partition coefficient (Wildman–Crippen LogP) is 0.303. The van der Waals surface area contributed by atoms with E-state index in [0.29, 0.717) is 0 Å². The molecule has 0 rings (SSSR count). The minimum atomic E-state index is -6.69. The van der Waals surface area contributed by atoms with Gasteiger partial charge in [-0.1, -0.05) is 30.2 Å². The average molecular weight is 347 g/mol. The number of rotatable bonds is 7. The first-order valence-corrected chi connectivity index (χ1v) is 5.83. The molecule has 0 heterocycles. The molecule has 0 atom stereocenters. The lowest BCUT2D eigenvalue weighted by atomic mass is 10.8. The van der Waals surface area contributed by atoms with Gasteiger partial charge in [-0.05, 0) is 0 Å². The molecule has 18 heteroatoms. The molecule has 116 valence electrons. The van der Waals surface area contributed by atoms with Crippen LogP contribution in [0.1, 0.15) is 0 Å². The van der Waals surface area contributed by atoms with Gasteiger partial charge in [0.15, 0.2) is 0 Å². The number of hydrogen-bond acceptors (Lipinski definition) is 9. The lowest BCUT2D eigenvalue weighted by Gasteiger charge is -2.30. The average Bonchev–Trinajstić information content (AvgIpc) is 2.08. The van der Waals surface area contributed by atoms with Gasteiger partial charge in [-0.3, -0.25) is 0 Å². The van der Waals surface area contributed by atoms with Crippen molar-refractivity contribution in [2.75, 3.05) is 0 Å². The Kier molecular flexibility index (Phi) is 5.45. The molecular formula is CF7N3O6S2. The molecule has 0 fully saturated rings. The lowest BCUT2D eigenvalue weighted by Crippen LogP contribution is -2.61. The van der Waals surface area contributed by atoms with Crippen molar-refractivity contribution in [1.29, 1.82) is 0 Å². The number of hydroxylamine groups is 1. The molecule has 0 bridgehead atoms. The van der Waals surface area contributed by atoms with E-state index in [1.165, 1.54) is 0 Å². The molecule has 0 saturated heterocycles. The molecule has 9 nitrogen and oxygen atoms in total. The van der Waals surface area contributed by atoms with Crippen LogP contribution in [0.5, 0.6) is 0 Å². The minimum absolute atomic E-state index is 2.24. The Morgan fingerprint density at radius 2 is 1.16 bits per heavy atom. The first kappa shape index (κ1) is 18.2. The van der Waals surface area contributed by atoms with E-state index in [2.05, 4.69) is 8.47 Å². The summed E-state index contributed by atoms with van der Waals surface area (Å²) in [6, 6.07) is 0. The summed E-state index contributed by atoms with van der Waals surface area (Å²) in [4.78, 5) is 0. The first-order chi connectivity index (χ1) is 8.22. The highest BCUT2D eigenvalue weighted by molar-refractivity contribution is 7.81. The Labute approximate surface area is 99.3 Å². The van der Waals surface area contributed by atoms with Crippen molar-refractivity contribution in [3.63, 3.8) is 0 Å². The summed E-state index contributed by atoms with van der Waals surface area (Å²) in [5.41, 5.74) is 0. The molecule has 0 aliphatic carbocycles. The zero-order valence-corrected chi connectivity index (χ0v) is 9.39. The third-order valence-electron chi connectivity index (χ3n) is 1.04. The van der Waals surface area contributed by atoms with Gasteiger partial charge in [-0.2, -0.15) is 21.0 Å². The second kappa shape index (κ2) is 5.68. The summed E-state index contributed by atoms with van der Waals surface area (Å²) in [6.07, 6.45) is 0. The number of hydrogen-bond donors (Lipinski definition) is 0. The van der Waals surface area contributed by atoms with Crippen LogP contribution in [0.3, 0.4) is 0 Å². The van der Waals surface area contributed by atoms with Gasteiger partial charge in [0.05, 0.1) is 16.0 Å². The fraction of sp³-hybridized carbons (Fsp3) is 1.00. The molecule has 0 aliphatic rings. The molecule has 0 aromatic rings. The zero-order chi connectivity index (χ0) is 15.6. The molecule has 0 saturated carbocycles. The fourth-order valence-electron chi connectivity index (χ4n) is 0.522. The maximum Gasteiger partial charge on any atom is 0.456 e. The van der Waals surface area contributed by atoms with Gasteiger partial charge in [-0.15, -0.1) is 4.28 Å². The highest BCUT2D eigenvalue weighted by Gasteiger charge is 2.62. The molecule has 0 radical (unpaired) electrons. The van der Waals surface area contributed by atoms with Crippen LogP contribution >= 0.6 is 0 Å². The SMILES string of the molecule is O=S(=O)(F)ON(F)C(OS(=O)(=O)F)(N(F)F)N(F)F. The van der Waals surface area contributed by atoms with Gasteiger partial charge < -0.3 is 0 Å². The van der Waals surface area contributed by atoms with Crippen LogP contribution in [0.2, 0.25) is 0 Å². The van der Waals surface area contributed by atoms with E-state index < -0.39 is 43.0 Å². The maximum absolute atomic E-state index is 12.6. The first-order valence-electron chi connectivity index (χ1n) is 3.21. The van der Waals surface area contributed by atoms with Crippen LogP contribution in [0, 0.1) is 0 Å². The van der Waals surface area contributed by atoms with E-state index >= 15 is 0 Å². The molecule has 0 N–H and O–H groups in total. The van der Waals surface area contributed by atoms with Crippen molar-refractivity contribution in [3.05, 3.63) is 0 Å². The molecule has 0 aromatic carbocycles. The third-order valence-corrected chi connectivity index (χ3v) is 1.77. The summed E-state index contributed by atoms with van der Waals surface area (Å²) in [5, 5.41) is -9.15. The molecule has 0 spiro atoms. The quantitative estimate of drug-likeness (QED) is 0.212. The second-order valence-corrected chi connectivity index (χ2v) is 4.12. The van der Waals surface area contributed by atoms with E-state index in [9.17, 15) is 47.0 Å². The molecular weight excluding hydrogens is 347 g/mol. The Morgan fingerprint density at radius 1 is 0.789 bits per heavy atom. The standard InChI is InChI=1S/CF7N3O6S2/c2-9(3)1(10(4)5,16-18(7,12)13)11(6)17-19(8,14)15. The predicted molar refractivity (Wildman–Crippen MR) is 36.0 cm³/mol. The monoisotopic (exact) mass is 347 g/mol. The third kappa shape index (κ3) is 5.00. The Morgan fingerprint density at radius 3 is 1.37 bits per heavy atom. The second-order valence-electron chi connectivity index (χ2n) is 2.23. The highest BCUT2D eigenvalue weighted by atomic mass is 32.3. The van der Waals surface area contributed by atoms with E-state index in [4.69, 9.17) is 0 Å². The Hall–Kier alpha value is -0.790. The van der Waals surface area contributed by atoms with Gasteiger partial charge in [0.2, 0.25) is 0 Å². The van der Waals surface area contributed by atoms with Crippen molar-refractivity contribution in [1.82, 2.24) is 16.0 Å². The van der Waals surface area contributed by atoms with Crippen LogP contribution < -0.4 is 0 Å². The lowest BCUT2D eigenvalue weighted by molar-refractivity contribution is -0.546. The number of nitrogens with zero attached hydrogens (tertiary/aromatic N) is 3.